The molecule has 7 nitrogen and oxygen atoms in total. The third-order valence-corrected chi connectivity index (χ3v) is 3.46. The predicted molar refractivity (Wildman–Crippen MR) is 60.3 cm³/mol. The molecule has 0 saturated carbocycles. The van der Waals surface area contributed by atoms with Gasteiger partial charge in [-0.3, -0.25) is 15.1 Å². The van der Waals surface area contributed by atoms with Crippen LogP contribution in [0.15, 0.2) is 0 Å². The second-order valence-electron chi connectivity index (χ2n) is 3.68. The van der Waals surface area contributed by atoms with Gasteiger partial charge < -0.3 is 5.73 Å². The van der Waals surface area contributed by atoms with E-state index in [1.807, 2.05) is 4.90 Å². The fourth-order valence-corrected chi connectivity index (χ4v) is 2.56. The average molecular weight is 242 g/mol. The van der Waals surface area contributed by atoms with Gasteiger partial charge in [-0.05, 0) is 19.4 Å². The fourth-order valence-electron chi connectivity index (χ4n) is 1.89. The largest absolute Gasteiger partial charge is 0.368 e. The monoisotopic (exact) mass is 242 g/mol. The van der Waals surface area contributed by atoms with E-state index < -0.39 is 0 Å². The Labute approximate surface area is 96.8 Å². The van der Waals surface area contributed by atoms with Gasteiger partial charge in [-0.15, -0.1) is 10.2 Å². The van der Waals surface area contributed by atoms with Crippen molar-refractivity contribution in [3.8, 4) is 0 Å². The summed E-state index contributed by atoms with van der Waals surface area (Å²) in [6, 6.07) is -0.168. The number of hydrogen-bond donors (Lipinski definition) is 3. The summed E-state index contributed by atoms with van der Waals surface area (Å²) in [7, 11) is 0. The summed E-state index contributed by atoms with van der Waals surface area (Å²) in [4.78, 5) is 13.2. The van der Waals surface area contributed by atoms with E-state index in [2.05, 4.69) is 15.6 Å². The van der Waals surface area contributed by atoms with Crippen LogP contribution in [0.3, 0.4) is 0 Å². The van der Waals surface area contributed by atoms with Crippen LogP contribution < -0.4 is 17.0 Å². The van der Waals surface area contributed by atoms with E-state index >= 15 is 0 Å². The number of carbonyl (C=O) groups excluding carboxylic acids is 1. The molecule has 2 heterocycles. The third kappa shape index (κ3) is 2.29. The lowest BCUT2D eigenvalue weighted by molar-refractivity contribution is -0.122. The van der Waals surface area contributed by atoms with Crippen molar-refractivity contribution in [2.24, 2.45) is 11.6 Å². The minimum absolute atomic E-state index is 0.168. The van der Waals surface area contributed by atoms with Gasteiger partial charge >= 0.3 is 0 Å². The number of hydrazine groups is 1. The molecule has 2 rings (SSSR count). The summed E-state index contributed by atoms with van der Waals surface area (Å²) >= 11 is 1.38. The molecule has 88 valence electrons. The van der Waals surface area contributed by atoms with Crippen LogP contribution >= 0.6 is 11.3 Å². The molecule has 0 aliphatic carbocycles. The van der Waals surface area contributed by atoms with E-state index in [4.69, 9.17) is 11.6 Å². The van der Waals surface area contributed by atoms with E-state index in [0.29, 0.717) is 11.7 Å². The number of primary amides is 1. The maximum atomic E-state index is 11.2. The van der Waals surface area contributed by atoms with Crippen LogP contribution in [0.2, 0.25) is 0 Å². The molecule has 1 unspecified atom stereocenters. The molecule has 16 heavy (non-hydrogen) atoms. The van der Waals surface area contributed by atoms with E-state index in [1.165, 1.54) is 11.3 Å². The SMILES string of the molecule is NNc1nnc(CN2CCCC2C(N)=O)s1. The molecule has 0 bridgehead atoms. The van der Waals surface area contributed by atoms with Gasteiger partial charge in [0.05, 0.1) is 12.6 Å². The average Bonchev–Trinajstić information content (AvgIpc) is 2.87. The Morgan fingerprint density at radius 1 is 1.62 bits per heavy atom. The Kier molecular flexibility index (Phi) is 3.32. The second-order valence-corrected chi connectivity index (χ2v) is 4.74. The fraction of sp³-hybridized carbons (Fsp3) is 0.625. The minimum atomic E-state index is -0.265. The maximum absolute atomic E-state index is 11.2. The highest BCUT2D eigenvalue weighted by Gasteiger charge is 2.29. The summed E-state index contributed by atoms with van der Waals surface area (Å²) in [5.41, 5.74) is 7.77. The van der Waals surface area contributed by atoms with Crippen LogP contribution in [0, 0.1) is 0 Å². The van der Waals surface area contributed by atoms with Crippen molar-refractivity contribution < 1.29 is 4.79 Å². The summed E-state index contributed by atoms with van der Waals surface area (Å²) in [6.07, 6.45) is 1.82. The molecule has 1 saturated heterocycles. The molecule has 1 aliphatic rings. The van der Waals surface area contributed by atoms with Gasteiger partial charge in [0.25, 0.3) is 0 Å². The van der Waals surface area contributed by atoms with Crippen LogP contribution in [-0.2, 0) is 11.3 Å². The number of nitrogen functional groups attached to an aromatic ring is 1. The number of amides is 1. The molecule has 1 amide bonds. The first kappa shape index (κ1) is 11.2. The number of rotatable bonds is 4. The quantitative estimate of drug-likeness (QED) is 0.474. The van der Waals surface area contributed by atoms with Gasteiger partial charge in [0, 0.05) is 0 Å². The van der Waals surface area contributed by atoms with Crippen LogP contribution in [0.4, 0.5) is 5.13 Å². The zero-order valence-corrected chi connectivity index (χ0v) is 9.54. The minimum Gasteiger partial charge on any atom is -0.368 e. The molecule has 0 spiro atoms. The summed E-state index contributed by atoms with van der Waals surface area (Å²) < 4.78 is 0. The topological polar surface area (TPSA) is 110 Å². The predicted octanol–water partition coefficient (Wildman–Crippen LogP) is -0.727. The Bertz CT molecular complexity index is 380. The van der Waals surface area contributed by atoms with Crippen molar-refractivity contribution in [2.45, 2.75) is 25.4 Å². The number of hydrogen-bond acceptors (Lipinski definition) is 7. The Balaban J connectivity index is 2.00. The van der Waals surface area contributed by atoms with Crippen LogP contribution in [-0.4, -0.2) is 33.6 Å². The van der Waals surface area contributed by atoms with Gasteiger partial charge in [0.1, 0.15) is 5.01 Å². The first-order valence-electron chi connectivity index (χ1n) is 5.03. The van der Waals surface area contributed by atoms with Gasteiger partial charge in [0.2, 0.25) is 11.0 Å². The lowest BCUT2D eigenvalue weighted by atomic mass is 10.2. The second kappa shape index (κ2) is 4.73. The molecule has 5 N–H and O–H groups in total. The van der Waals surface area contributed by atoms with Crippen molar-refractivity contribution in [3.63, 3.8) is 0 Å². The van der Waals surface area contributed by atoms with E-state index in [0.717, 1.165) is 24.4 Å². The van der Waals surface area contributed by atoms with Gasteiger partial charge in [-0.1, -0.05) is 11.3 Å². The number of nitrogens with one attached hydrogen (secondary N) is 1. The Morgan fingerprint density at radius 3 is 3.06 bits per heavy atom. The lowest BCUT2D eigenvalue weighted by Gasteiger charge is -2.19. The van der Waals surface area contributed by atoms with Crippen molar-refractivity contribution >= 4 is 22.4 Å². The summed E-state index contributed by atoms with van der Waals surface area (Å²) in [6.45, 7) is 1.48. The number of likely N-dealkylation sites (tertiary alicyclic amines) is 1. The van der Waals surface area contributed by atoms with Crippen molar-refractivity contribution in [3.05, 3.63) is 5.01 Å². The van der Waals surface area contributed by atoms with E-state index in [-0.39, 0.29) is 11.9 Å². The molecule has 0 radical (unpaired) electrons. The Morgan fingerprint density at radius 2 is 2.44 bits per heavy atom. The van der Waals surface area contributed by atoms with E-state index in [9.17, 15) is 4.79 Å². The maximum Gasteiger partial charge on any atom is 0.234 e. The Hall–Kier alpha value is -1.25. The van der Waals surface area contributed by atoms with E-state index in [1.54, 1.807) is 0 Å². The molecular formula is C8H14N6OS. The molecule has 1 aromatic heterocycles. The van der Waals surface area contributed by atoms with Crippen molar-refractivity contribution in [2.75, 3.05) is 12.0 Å². The molecule has 1 aliphatic heterocycles. The summed E-state index contributed by atoms with van der Waals surface area (Å²) in [5.74, 6) is 4.95. The molecule has 1 atom stereocenters. The van der Waals surface area contributed by atoms with Crippen LogP contribution in [0.5, 0.6) is 0 Å². The first-order valence-corrected chi connectivity index (χ1v) is 5.84. The number of aromatic nitrogens is 2. The van der Waals surface area contributed by atoms with Gasteiger partial charge in [-0.25, -0.2) is 5.84 Å². The molecule has 1 aromatic rings. The molecule has 0 aromatic carbocycles. The third-order valence-electron chi connectivity index (χ3n) is 2.62. The van der Waals surface area contributed by atoms with Gasteiger partial charge in [0.15, 0.2) is 0 Å². The van der Waals surface area contributed by atoms with Crippen LogP contribution in [0.1, 0.15) is 17.8 Å². The molecule has 8 heteroatoms. The molecular weight excluding hydrogens is 228 g/mol. The highest BCUT2D eigenvalue weighted by Crippen LogP contribution is 2.22. The first-order chi connectivity index (χ1) is 7.70. The zero-order valence-electron chi connectivity index (χ0n) is 8.72. The normalized spacial score (nSPS) is 21.2. The van der Waals surface area contributed by atoms with Crippen LogP contribution in [0.25, 0.3) is 0 Å². The molecule has 1 fully saturated rings. The highest BCUT2D eigenvalue weighted by atomic mass is 32.1. The smallest absolute Gasteiger partial charge is 0.234 e. The number of anilines is 1. The number of nitrogens with two attached hydrogens (primary N) is 2. The summed E-state index contributed by atoms with van der Waals surface area (Å²) in [5, 5.41) is 9.22. The lowest BCUT2D eigenvalue weighted by Crippen LogP contribution is -2.39. The standard InChI is InChI=1S/C8H14N6OS/c9-7(15)5-2-1-3-14(5)4-6-12-13-8(11-10)16-6/h5H,1-4,10H2,(H2,9,15)(H,11,13). The number of carbonyl (C=O) groups is 1. The number of nitrogens with zero attached hydrogens (tertiary/aromatic N) is 3. The van der Waals surface area contributed by atoms with Crippen molar-refractivity contribution in [1.29, 1.82) is 0 Å². The van der Waals surface area contributed by atoms with Crippen molar-refractivity contribution in [1.82, 2.24) is 15.1 Å². The van der Waals surface area contributed by atoms with Gasteiger partial charge in [-0.2, -0.15) is 0 Å². The highest BCUT2D eigenvalue weighted by molar-refractivity contribution is 7.15. The zero-order chi connectivity index (χ0) is 11.5.